The van der Waals surface area contributed by atoms with Gasteiger partial charge in [-0.2, -0.15) is 0 Å². The van der Waals surface area contributed by atoms with E-state index in [0.717, 1.165) is 11.4 Å². The Balaban J connectivity index is 2.21. The van der Waals surface area contributed by atoms with Crippen molar-refractivity contribution in [3.05, 3.63) is 47.9 Å². The summed E-state index contributed by atoms with van der Waals surface area (Å²) in [7, 11) is 1.89. The fourth-order valence-corrected chi connectivity index (χ4v) is 1.94. The molecule has 2 aromatic rings. The molecular weight excluding hydrogens is 256 g/mol. The second kappa shape index (κ2) is 6.14. The molecule has 0 aliphatic rings. The van der Waals surface area contributed by atoms with E-state index in [1.165, 1.54) is 0 Å². The lowest BCUT2D eigenvalue weighted by molar-refractivity contribution is 0.0526. The predicted octanol–water partition coefficient (Wildman–Crippen LogP) is 2.67. The van der Waals surface area contributed by atoms with Crippen LogP contribution in [0.1, 0.15) is 23.0 Å². The van der Waals surface area contributed by atoms with E-state index in [9.17, 15) is 4.79 Å². The minimum Gasteiger partial charge on any atom is -0.467 e. The molecule has 0 aliphatic heterocycles. The van der Waals surface area contributed by atoms with Crippen molar-refractivity contribution >= 4 is 17.3 Å². The number of benzene rings is 1. The predicted molar refractivity (Wildman–Crippen MR) is 77.6 cm³/mol. The van der Waals surface area contributed by atoms with Crippen molar-refractivity contribution in [3.8, 4) is 0 Å². The van der Waals surface area contributed by atoms with Crippen LogP contribution in [0.15, 0.2) is 41.0 Å². The average molecular weight is 274 g/mol. The summed E-state index contributed by atoms with van der Waals surface area (Å²) in [6.07, 6.45) is 1.63. The average Bonchev–Trinajstić information content (AvgIpc) is 2.92. The van der Waals surface area contributed by atoms with Crippen molar-refractivity contribution in [1.82, 2.24) is 0 Å². The van der Waals surface area contributed by atoms with Gasteiger partial charge >= 0.3 is 5.97 Å². The molecule has 0 amide bonds. The summed E-state index contributed by atoms with van der Waals surface area (Å²) in [6, 6.07) is 8.83. The van der Waals surface area contributed by atoms with E-state index < -0.39 is 0 Å². The normalized spacial score (nSPS) is 10.3. The Morgan fingerprint density at radius 3 is 2.85 bits per heavy atom. The number of furan rings is 1. The van der Waals surface area contributed by atoms with E-state index in [-0.39, 0.29) is 5.97 Å². The molecule has 0 bridgehead atoms. The lowest BCUT2D eigenvalue weighted by atomic mass is 10.1. The molecule has 0 spiro atoms. The number of hydrogen-bond acceptors (Lipinski definition) is 5. The fourth-order valence-electron chi connectivity index (χ4n) is 1.94. The summed E-state index contributed by atoms with van der Waals surface area (Å²) in [6.45, 7) is 2.70. The summed E-state index contributed by atoms with van der Waals surface area (Å²) < 4.78 is 10.3. The molecule has 1 aromatic heterocycles. The number of carbonyl (C=O) groups is 1. The smallest absolute Gasteiger partial charge is 0.338 e. The molecule has 2 N–H and O–H groups in total. The third kappa shape index (κ3) is 3.12. The summed E-state index contributed by atoms with van der Waals surface area (Å²) in [5.74, 6) is 0.480. The first kappa shape index (κ1) is 14.0. The monoisotopic (exact) mass is 274 g/mol. The molecular formula is C15H18N2O3. The molecule has 0 aliphatic carbocycles. The van der Waals surface area contributed by atoms with E-state index in [4.69, 9.17) is 14.9 Å². The van der Waals surface area contributed by atoms with Gasteiger partial charge in [-0.05, 0) is 37.3 Å². The lowest BCUT2D eigenvalue weighted by Gasteiger charge is -2.20. The van der Waals surface area contributed by atoms with E-state index in [0.29, 0.717) is 24.4 Å². The zero-order valence-corrected chi connectivity index (χ0v) is 11.6. The van der Waals surface area contributed by atoms with Gasteiger partial charge in [-0.3, -0.25) is 0 Å². The highest BCUT2D eigenvalue weighted by Crippen LogP contribution is 2.25. The van der Waals surface area contributed by atoms with Crippen LogP contribution in [-0.2, 0) is 11.3 Å². The molecule has 106 valence electrons. The van der Waals surface area contributed by atoms with Gasteiger partial charge in [0.2, 0.25) is 0 Å². The Morgan fingerprint density at radius 2 is 2.20 bits per heavy atom. The van der Waals surface area contributed by atoms with Gasteiger partial charge in [-0.25, -0.2) is 4.79 Å². The summed E-state index contributed by atoms with van der Waals surface area (Å²) in [4.78, 5) is 13.7. The Morgan fingerprint density at radius 1 is 1.40 bits per heavy atom. The number of hydrogen-bond donors (Lipinski definition) is 1. The highest BCUT2D eigenvalue weighted by Gasteiger charge is 2.13. The van der Waals surface area contributed by atoms with Crippen molar-refractivity contribution in [2.24, 2.45) is 0 Å². The van der Waals surface area contributed by atoms with Crippen LogP contribution in [-0.4, -0.2) is 19.6 Å². The zero-order valence-electron chi connectivity index (χ0n) is 11.6. The molecule has 0 fully saturated rings. The van der Waals surface area contributed by atoms with Gasteiger partial charge in [0.1, 0.15) is 5.76 Å². The summed E-state index contributed by atoms with van der Waals surface area (Å²) in [5, 5.41) is 0. The Labute approximate surface area is 117 Å². The molecule has 1 heterocycles. The van der Waals surface area contributed by atoms with Crippen LogP contribution in [0.2, 0.25) is 0 Å². The molecule has 20 heavy (non-hydrogen) atoms. The number of nitrogen functional groups attached to an aromatic ring is 1. The highest BCUT2D eigenvalue weighted by molar-refractivity contribution is 5.92. The van der Waals surface area contributed by atoms with Gasteiger partial charge < -0.3 is 19.8 Å². The maximum Gasteiger partial charge on any atom is 0.338 e. The molecule has 0 atom stereocenters. The number of esters is 1. The van der Waals surface area contributed by atoms with Crippen molar-refractivity contribution in [1.29, 1.82) is 0 Å². The van der Waals surface area contributed by atoms with Crippen molar-refractivity contribution in [3.63, 3.8) is 0 Å². The maximum atomic E-state index is 11.7. The van der Waals surface area contributed by atoms with Gasteiger partial charge in [0, 0.05) is 7.05 Å². The van der Waals surface area contributed by atoms with Crippen LogP contribution in [0.3, 0.4) is 0 Å². The third-order valence-corrected chi connectivity index (χ3v) is 2.93. The quantitative estimate of drug-likeness (QED) is 0.670. The number of ether oxygens (including phenoxy) is 1. The Kier molecular flexibility index (Phi) is 4.30. The molecule has 1 aromatic carbocycles. The minimum atomic E-state index is -0.347. The number of nitrogens with two attached hydrogens (primary N) is 1. The molecule has 0 saturated heterocycles. The van der Waals surface area contributed by atoms with Crippen molar-refractivity contribution < 1.29 is 13.9 Å². The standard InChI is InChI=1S/C15H18N2O3/c1-3-19-15(18)11-6-7-13(16)14(9-11)17(2)10-12-5-4-8-20-12/h4-9H,3,10,16H2,1-2H3. The zero-order chi connectivity index (χ0) is 14.5. The van der Waals surface area contributed by atoms with Crippen LogP contribution >= 0.6 is 0 Å². The Hall–Kier alpha value is -2.43. The van der Waals surface area contributed by atoms with Crippen molar-refractivity contribution in [2.45, 2.75) is 13.5 Å². The number of carbonyl (C=O) groups excluding carboxylic acids is 1. The van der Waals surface area contributed by atoms with E-state index in [1.807, 2.05) is 24.1 Å². The minimum absolute atomic E-state index is 0.347. The Bertz CT molecular complexity index is 579. The first-order valence-corrected chi connectivity index (χ1v) is 6.42. The van der Waals surface area contributed by atoms with Gasteiger partial charge in [-0.1, -0.05) is 0 Å². The molecule has 0 radical (unpaired) electrons. The SMILES string of the molecule is CCOC(=O)c1ccc(N)c(N(C)Cc2ccco2)c1. The molecule has 2 rings (SSSR count). The van der Waals surface area contributed by atoms with Crippen molar-refractivity contribution in [2.75, 3.05) is 24.3 Å². The van der Waals surface area contributed by atoms with Crippen LogP contribution < -0.4 is 10.6 Å². The van der Waals surface area contributed by atoms with Crippen LogP contribution in [0, 0.1) is 0 Å². The topological polar surface area (TPSA) is 68.7 Å². The molecule has 0 unspecified atom stereocenters. The number of rotatable bonds is 5. The highest BCUT2D eigenvalue weighted by atomic mass is 16.5. The lowest BCUT2D eigenvalue weighted by Crippen LogP contribution is -2.18. The van der Waals surface area contributed by atoms with E-state index in [1.54, 1.807) is 31.4 Å². The van der Waals surface area contributed by atoms with Crippen LogP contribution in [0.25, 0.3) is 0 Å². The maximum absolute atomic E-state index is 11.7. The van der Waals surface area contributed by atoms with Gasteiger partial charge in [0.05, 0.1) is 36.4 Å². The van der Waals surface area contributed by atoms with E-state index in [2.05, 4.69) is 0 Å². The number of anilines is 2. The second-order valence-electron chi connectivity index (χ2n) is 4.43. The largest absolute Gasteiger partial charge is 0.467 e. The second-order valence-corrected chi connectivity index (χ2v) is 4.43. The molecule has 5 heteroatoms. The van der Waals surface area contributed by atoms with Gasteiger partial charge in [-0.15, -0.1) is 0 Å². The van der Waals surface area contributed by atoms with Crippen LogP contribution in [0.5, 0.6) is 0 Å². The number of nitrogens with zero attached hydrogens (tertiary/aromatic N) is 1. The third-order valence-electron chi connectivity index (χ3n) is 2.93. The summed E-state index contributed by atoms with van der Waals surface area (Å²) >= 11 is 0. The molecule has 5 nitrogen and oxygen atoms in total. The van der Waals surface area contributed by atoms with Crippen LogP contribution in [0.4, 0.5) is 11.4 Å². The van der Waals surface area contributed by atoms with Gasteiger partial charge in [0.25, 0.3) is 0 Å². The molecule has 0 saturated carbocycles. The summed E-state index contributed by atoms with van der Waals surface area (Å²) in [5.41, 5.74) is 7.83. The van der Waals surface area contributed by atoms with E-state index >= 15 is 0 Å². The fraction of sp³-hybridized carbons (Fsp3) is 0.267. The first-order valence-electron chi connectivity index (χ1n) is 6.42. The van der Waals surface area contributed by atoms with Gasteiger partial charge in [0.15, 0.2) is 0 Å². The first-order chi connectivity index (χ1) is 9.61.